The first kappa shape index (κ1) is 15.3. The molecule has 0 bridgehead atoms. The number of nitrogens with two attached hydrogens (primary N) is 1. The van der Waals surface area contributed by atoms with E-state index < -0.39 is 0 Å². The van der Waals surface area contributed by atoms with Crippen LogP contribution in [0, 0.1) is 11.3 Å². The molecule has 1 aliphatic heterocycles. The van der Waals surface area contributed by atoms with Gasteiger partial charge in [-0.15, -0.1) is 0 Å². The molecule has 2 rings (SSSR count). The van der Waals surface area contributed by atoms with Gasteiger partial charge < -0.3 is 10.5 Å². The summed E-state index contributed by atoms with van der Waals surface area (Å²) in [5, 5.41) is 0. The van der Waals surface area contributed by atoms with Gasteiger partial charge in [-0.2, -0.15) is 0 Å². The molecule has 19 heavy (non-hydrogen) atoms. The van der Waals surface area contributed by atoms with Crippen LogP contribution in [0.3, 0.4) is 0 Å². The fourth-order valence-electron chi connectivity index (χ4n) is 4.79. The van der Waals surface area contributed by atoms with Gasteiger partial charge in [0.2, 0.25) is 0 Å². The fourth-order valence-corrected chi connectivity index (χ4v) is 4.79. The van der Waals surface area contributed by atoms with Crippen LogP contribution in [0.15, 0.2) is 0 Å². The number of hydrogen-bond donors (Lipinski definition) is 1. The smallest absolute Gasteiger partial charge is 0.0698 e. The van der Waals surface area contributed by atoms with Crippen molar-refractivity contribution in [2.24, 2.45) is 17.1 Å². The van der Waals surface area contributed by atoms with E-state index in [1.165, 1.54) is 38.6 Å². The van der Waals surface area contributed by atoms with Gasteiger partial charge in [0.25, 0.3) is 0 Å². The molecule has 3 atom stereocenters. The van der Waals surface area contributed by atoms with E-state index in [2.05, 4.69) is 25.7 Å². The summed E-state index contributed by atoms with van der Waals surface area (Å²) in [4.78, 5) is 2.65. The van der Waals surface area contributed by atoms with Crippen molar-refractivity contribution in [3.63, 3.8) is 0 Å². The molecule has 2 fully saturated rings. The zero-order chi connectivity index (χ0) is 14.1. The fraction of sp³-hybridized carbons (Fsp3) is 1.00. The SMILES string of the molecule is COC1CCCN(C2(CN)CC(C)CC(C)(C)C2)C1. The number of nitrogens with zero attached hydrogens (tertiary/aromatic N) is 1. The van der Waals surface area contributed by atoms with Gasteiger partial charge in [-0.05, 0) is 50.0 Å². The minimum atomic E-state index is 0.207. The summed E-state index contributed by atoms with van der Waals surface area (Å²) in [6.07, 6.45) is 6.66. The van der Waals surface area contributed by atoms with Gasteiger partial charge in [-0.25, -0.2) is 0 Å². The average molecular weight is 268 g/mol. The second-order valence-corrected chi connectivity index (χ2v) is 7.73. The lowest BCUT2D eigenvalue weighted by atomic mass is 9.63. The molecule has 0 spiro atoms. The molecule has 112 valence electrons. The van der Waals surface area contributed by atoms with Crippen LogP contribution in [0.2, 0.25) is 0 Å². The van der Waals surface area contributed by atoms with Crippen LogP contribution in [-0.4, -0.2) is 43.3 Å². The van der Waals surface area contributed by atoms with Crippen LogP contribution in [0.5, 0.6) is 0 Å². The average Bonchev–Trinajstić information content (AvgIpc) is 2.36. The van der Waals surface area contributed by atoms with Crippen LogP contribution < -0.4 is 5.73 Å². The van der Waals surface area contributed by atoms with Crippen LogP contribution in [-0.2, 0) is 4.74 Å². The molecule has 3 unspecified atom stereocenters. The van der Waals surface area contributed by atoms with Crippen LogP contribution >= 0.6 is 0 Å². The Labute approximate surface area is 118 Å². The monoisotopic (exact) mass is 268 g/mol. The number of piperidine rings is 1. The summed E-state index contributed by atoms with van der Waals surface area (Å²) in [6, 6.07) is 0. The summed E-state index contributed by atoms with van der Waals surface area (Å²) in [6.45, 7) is 10.3. The van der Waals surface area contributed by atoms with Gasteiger partial charge in [0.15, 0.2) is 0 Å². The molecule has 0 aromatic carbocycles. The van der Waals surface area contributed by atoms with Crippen molar-refractivity contribution in [2.75, 3.05) is 26.7 Å². The minimum absolute atomic E-state index is 0.207. The largest absolute Gasteiger partial charge is 0.380 e. The van der Waals surface area contributed by atoms with Crippen molar-refractivity contribution >= 4 is 0 Å². The van der Waals surface area contributed by atoms with Crippen LogP contribution in [0.1, 0.15) is 52.9 Å². The summed E-state index contributed by atoms with van der Waals surface area (Å²) in [5.41, 5.74) is 6.88. The maximum Gasteiger partial charge on any atom is 0.0698 e. The van der Waals surface area contributed by atoms with E-state index in [1.54, 1.807) is 0 Å². The first-order valence-electron chi connectivity index (χ1n) is 7.89. The summed E-state index contributed by atoms with van der Waals surface area (Å²) < 4.78 is 5.60. The molecule has 2 N–H and O–H groups in total. The molecule has 3 heteroatoms. The third-order valence-corrected chi connectivity index (χ3v) is 5.20. The van der Waals surface area contributed by atoms with Crippen molar-refractivity contribution in [3.8, 4) is 0 Å². The van der Waals surface area contributed by atoms with E-state index >= 15 is 0 Å². The van der Waals surface area contributed by atoms with E-state index in [0.717, 1.165) is 19.0 Å². The molecule has 1 aliphatic carbocycles. The highest BCUT2D eigenvalue weighted by Gasteiger charge is 2.46. The first-order valence-corrected chi connectivity index (χ1v) is 7.89. The van der Waals surface area contributed by atoms with E-state index in [-0.39, 0.29) is 5.54 Å². The molecule has 0 aromatic rings. The quantitative estimate of drug-likeness (QED) is 0.855. The number of hydrogen-bond acceptors (Lipinski definition) is 3. The lowest BCUT2D eigenvalue weighted by Crippen LogP contribution is -2.62. The molecule has 0 amide bonds. The van der Waals surface area contributed by atoms with Crippen LogP contribution in [0.25, 0.3) is 0 Å². The van der Waals surface area contributed by atoms with Crippen molar-refractivity contribution in [1.29, 1.82) is 0 Å². The Morgan fingerprint density at radius 1 is 1.32 bits per heavy atom. The zero-order valence-corrected chi connectivity index (χ0v) is 13.2. The summed E-state index contributed by atoms with van der Waals surface area (Å²) in [5.74, 6) is 0.773. The van der Waals surface area contributed by atoms with E-state index in [0.29, 0.717) is 11.5 Å². The molecule has 1 saturated heterocycles. The summed E-state index contributed by atoms with van der Waals surface area (Å²) >= 11 is 0. The molecule has 0 aromatic heterocycles. The predicted molar refractivity (Wildman–Crippen MR) is 80.2 cm³/mol. The second kappa shape index (κ2) is 5.71. The third-order valence-electron chi connectivity index (χ3n) is 5.20. The maximum absolute atomic E-state index is 6.26. The van der Waals surface area contributed by atoms with Crippen molar-refractivity contribution in [3.05, 3.63) is 0 Å². The molecule has 1 saturated carbocycles. The molecular formula is C16H32N2O. The predicted octanol–water partition coefficient (Wildman–Crippen LogP) is 2.64. The Bertz CT molecular complexity index is 305. The Hall–Kier alpha value is -0.120. The van der Waals surface area contributed by atoms with Crippen molar-refractivity contribution in [1.82, 2.24) is 4.90 Å². The molecule has 2 aliphatic rings. The third kappa shape index (κ3) is 3.32. The number of likely N-dealkylation sites (tertiary alicyclic amines) is 1. The Morgan fingerprint density at radius 3 is 2.63 bits per heavy atom. The first-order chi connectivity index (χ1) is 8.91. The Kier molecular flexibility index (Phi) is 4.59. The van der Waals surface area contributed by atoms with Gasteiger partial charge in [-0.3, -0.25) is 4.90 Å². The highest BCUT2D eigenvalue weighted by atomic mass is 16.5. The van der Waals surface area contributed by atoms with Gasteiger partial charge in [0, 0.05) is 25.7 Å². The normalized spacial score (nSPS) is 40.3. The van der Waals surface area contributed by atoms with Gasteiger partial charge in [0.05, 0.1) is 6.10 Å². The van der Waals surface area contributed by atoms with Gasteiger partial charge >= 0.3 is 0 Å². The van der Waals surface area contributed by atoms with E-state index in [1.807, 2.05) is 7.11 Å². The minimum Gasteiger partial charge on any atom is -0.380 e. The second-order valence-electron chi connectivity index (χ2n) is 7.73. The van der Waals surface area contributed by atoms with Gasteiger partial charge in [0.1, 0.15) is 0 Å². The zero-order valence-electron chi connectivity index (χ0n) is 13.2. The molecular weight excluding hydrogens is 236 g/mol. The Morgan fingerprint density at radius 2 is 2.05 bits per heavy atom. The van der Waals surface area contributed by atoms with E-state index in [9.17, 15) is 0 Å². The lowest BCUT2D eigenvalue weighted by molar-refractivity contribution is -0.0605. The number of rotatable bonds is 3. The molecule has 0 radical (unpaired) electrons. The maximum atomic E-state index is 6.26. The van der Waals surface area contributed by atoms with E-state index in [4.69, 9.17) is 10.5 Å². The Balaban J connectivity index is 2.16. The highest BCUT2D eigenvalue weighted by molar-refractivity contribution is 5.02. The number of methoxy groups -OCH3 is 1. The van der Waals surface area contributed by atoms with Crippen LogP contribution in [0.4, 0.5) is 0 Å². The standard InChI is InChI=1S/C16H32N2O/c1-13-8-15(2,3)11-16(9-13,12-17)18-7-5-6-14(10-18)19-4/h13-14H,5-12,17H2,1-4H3. The lowest BCUT2D eigenvalue weighted by Gasteiger charge is -2.54. The van der Waals surface area contributed by atoms with Gasteiger partial charge in [-0.1, -0.05) is 20.8 Å². The van der Waals surface area contributed by atoms with Crippen molar-refractivity contribution in [2.45, 2.75) is 64.5 Å². The summed E-state index contributed by atoms with van der Waals surface area (Å²) in [7, 11) is 1.84. The number of ether oxygens (including phenoxy) is 1. The highest BCUT2D eigenvalue weighted by Crippen LogP contribution is 2.46. The molecule has 3 nitrogen and oxygen atoms in total. The topological polar surface area (TPSA) is 38.5 Å². The van der Waals surface area contributed by atoms with Crippen molar-refractivity contribution < 1.29 is 4.74 Å². The molecule has 1 heterocycles.